The molecule has 0 spiro atoms. The Morgan fingerprint density at radius 3 is 2.57 bits per heavy atom. The first kappa shape index (κ1) is 15.0. The number of aryl methyl sites for hydroxylation is 2. The topological polar surface area (TPSA) is 113 Å². The molecule has 23 heavy (non-hydrogen) atoms. The van der Waals surface area contributed by atoms with Crippen molar-refractivity contribution in [1.29, 1.82) is 0 Å². The van der Waals surface area contributed by atoms with E-state index >= 15 is 0 Å². The number of hydrogen-bond donors (Lipinski definition) is 2. The van der Waals surface area contributed by atoms with Gasteiger partial charge >= 0.3 is 0 Å². The zero-order chi connectivity index (χ0) is 16.6. The molecule has 7 heteroatoms. The van der Waals surface area contributed by atoms with Gasteiger partial charge in [-0.25, -0.2) is 9.97 Å². The Morgan fingerprint density at radius 2 is 1.96 bits per heavy atom. The van der Waals surface area contributed by atoms with Crippen LogP contribution in [0, 0.1) is 6.92 Å². The molecule has 0 fully saturated rings. The number of aromatic nitrogens is 3. The Balaban J connectivity index is 2.27. The number of anilines is 1. The van der Waals surface area contributed by atoms with Crippen molar-refractivity contribution in [3.05, 3.63) is 52.5 Å². The molecule has 0 unspecified atom stereocenters. The molecule has 3 heterocycles. The summed E-state index contributed by atoms with van der Waals surface area (Å²) >= 11 is 0. The summed E-state index contributed by atoms with van der Waals surface area (Å²) in [5.41, 5.74) is 14.8. The van der Waals surface area contributed by atoms with Crippen molar-refractivity contribution < 1.29 is 4.42 Å². The fraction of sp³-hybridized carbons (Fsp3) is 0.188. The molecule has 0 saturated heterocycles. The molecule has 0 radical (unpaired) electrons. The Kier molecular flexibility index (Phi) is 3.71. The number of pyridine rings is 1. The smallest absolute Gasteiger partial charge is 0.250 e. The lowest BCUT2D eigenvalue weighted by atomic mass is 10.1. The van der Waals surface area contributed by atoms with Gasteiger partial charge in [0.2, 0.25) is 5.56 Å². The lowest BCUT2D eigenvalue weighted by Gasteiger charge is -2.11. The fourth-order valence-electron chi connectivity index (χ4n) is 2.34. The number of nitrogen functional groups attached to an aromatic ring is 1. The Hall–Kier alpha value is -2.93. The average Bonchev–Trinajstić information content (AvgIpc) is 2.96. The highest BCUT2D eigenvalue weighted by atomic mass is 16.3. The molecule has 0 bridgehead atoms. The van der Waals surface area contributed by atoms with Crippen molar-refractivity contribution in [2.75, 3.05) is 5.73 Å². The number of nitrogens with zero attached hydrogens (tertiary/aromatic N) is 3. The van der Waals surface area contributed by atoms with Gasteiger partial charge in [0.15, 0.2) is 0 Å². The van der Waals surface area contributed by atoms with Gasteiger partial charge in [-0.1, -0.05) is 0 Å². The summed E-state index contributed by atoms with van der Waals surface area (Å²) in [6.45, 7) is 2.04. The van der Waals surface area contributed by atoms with Crippen LogP contribution in [-0.4, -0.2) is 14.5 Å². The van der Waals surface area contributed by atoms with E-state index in [1.807, 2.05) is 13.0 Å². The first-order valence-corrected chi connectivity index (χ1v) is 7.08. The number of nitrogens with two attached hydrogens (primary N) is 2. The van der Waals surface area contributed by atoms with Gasteiger partial charge in [-0.2, -0.15) is 0 Å². The molecule has 118 valence electrons. The quantitative estimate of drug-likeness (QED) is 0.757. The van der Waals surface area contributed by atoms with Crippen LogP contribution in [-0.2, 0) is 13.6 Å². The first-order chi connectivity index (χ1) is 11.0. The molecular weight excluding hydrogens is 294 g/mol. The minimum absolute atomic E-state index is 0.103. The highest BCUT2D eigenvalue weighted by molar-refractivity contribution is 5.78. The maximum Gasteiger partial charge on any atom is 0.250 e. The molecule has 3 aromatic heterocycles. The van der Waals surface area contributed by atoms with Crippen molar-refractivity contribution in [1.82, 2.24) is 14.5 Å². The van der Waals surface area contributed by atoms with Gasteiger partial charge in [0.05, 0.1) is 5.69 Å². The summed E-state index contributed by atoms with van der Waals surface area (Å²) in [5, 5.41) is 0. The standard InChI is InChI=1S/C16H17N5O2/c1-9-5-11(8-23-9)15-14(20-16(18)12(6-17)19-15)10-3-4-13(22)21(2)7-10/h3-5,7-8H,6,17H2,1-2H3,(H2,18,20). The van der Waals surface area contributed by atoms with E-state index in [1.165, 1.54) is 10.6 Å². The lowest BCUT2D eigenvalue weighted by Crippen LogP contribution is -2.15. The van der Waals surface area contributed by atoms with Gasteiger partial charge in [0.25, 0.3) is 0 Å². The first-order valence-electron chi connectivity index (χ1n) is 7.08. The van der Waals surface area contributed by atoms with E-state index in [4.69, 9.17) is 15.9 Å². The second-order valence-corrected chi connectivity index (χ2v) is 5.27. The summed E-state index contributed by atoms with van der Waals surface area (Å²) in [5.74, 6) is 1.04. The van der Waals surface area contributed by atoms with E-state index in [9.17, 15) is 4.79 Å². The van der Waals surface area contributed by atoms with Crippen LogP contribution in [0.5, 0.6) is 0 Å². The van der Waals surface area contributed by atoms with Crippen molar-refractivity contribution in [3.8, 4) is 22.5 Å². The number of hydrogen-bond acceptors (Lipinski definition) is 6. The van der Waals surface area contributed by atoms with E-state index < -0.39 is 0 Å². The number of furan rings is 1. The second-order valence-electron chi connectivity index (χ2n) is 5.27. The van der Waals surface area contributed by atoms with Crippen LogP contribution >= 0.6 is 0 Å². The summed E-state index contributed by atoms with van der Waals surface area (Å²) in [6.07, 6.45) is 3.31. The highest BCUT2D eigenvalue weighted by Gasteiger charge is 2.16. The van der Waals surface area contributed by atoms with E-state index in [1.54, 1.807) is 25.6 Å². The highest BCUT2D eigenvalue weighted by Crippen LogP contribution is 2.31. The maximum atomic E-state index is 11.6. The maximum absolute atomic E-state index is 11.6. The van der Waals surface area contributed by atoms with Crippen LogP contribution < -0.4 is 17.0 Å². The Labute approximate surface area is 132 Å². The Bertz CT molecular complexity index is 926. The molecule has 7 nitrogen and oxygen atoms in total. The zero-order valence-corrected chi connectivity index (χ0v) is 12.9. The van der Waals surface area contributed by atoms with Gasteiger partial charge in [-0.05, 0) is 19.1 Å². The minimum atomic E-state index is -0.103. The van der Waals surface area contributed by atoms with Crippen LogP contribution in [0.3, 0.4) is 0 Å². The third kappa shape index (κ3) is 2.74. The molecule has 0 aliphatic rings. The monoisotopic (exact) mass is 311 g/mol. The van der Waals surface area contributed by atoms with Crippen molar-refractivity contribution in [2.45, 2.75) is 13.5 Å². The van der Waals surface area contributed by atoms with Gasteiger partial charge in [-0.15, -0.1) is 0 Å². The molecule has 0 saturated carbocycles. The fourth-order valence-corrected chi connectivity index (χ4v) is 2.34. The third-order valence-corrected chi connectivity index (χ3v) is 3.56. The summed E-state index contributed by atoms with van der Waals surface area (Å²) in [7, 11) is 1.68. The molecular formula is C16H17N5O2. The summed E-state index contributed by atoms with van der Waals surface area (Å²) in [4.78, 5) is 20.6. The zero-order valence-electron chi connectivity index (χ0n) is 12.9. The van der Waals surface area contributed by atoms with Gasteiger partial charge < -0.3 is 20.5 Å². The molecule has 0 aliphatic heterocycles. The minimum Gasteiger partial charge on any atom is -0.469 e. The molecule has 0 aliphatic carbocycles. The summed E-state index contributed by atoms with van der Waals surface area (Å²) in [6, 6.07) is 5.05. The van der Waals surface area contributed by atoms with E-state index in [-0.39, 0.29) is 17.9 Å². The van der Waals surface area contributed by atoms with Gasteiger partial charge in [0.1, 0.15) is 29.2 Å². The van der Waals surface area contributed by atoms with Gasteiger partial charge in [-0.3, -0.25) is 4.79 Å². The molecule has 0 aromatic carbocycles. The van der Waals surface area contributed by atoms with Crippen LogP contribution in [0.15, 0.2) is 39.9 Å². The lowest BCUT2D eigenvalue weighted by molar-refractivity contribution is 0.535. The normalized spacial score (nSPS) is 10.9. The molecule has 3 rings (SSSR count). The molecule has 0 atom stereocenters. The SMILES string of the molecule is Cc1cc(-c2nc(CN)c(N)nc2-c2ccc(=O)n(C)c2)co1. The average molecular weight is 311 g/mol. The van der Waals surface area contributed by atoms with E-state index in [0.29, 0.717) is 17.1 Å². The third-order valence-electron chi connectivity index (χ3n) is 3.56. The largest absolute Gasteiger partial charge is 0.469 e. The molecule has 3 aromatic rings. The summed E-state index contributed by atoms with van der Waals surface area (Å²) < 4.78 is 6.85. The Morgan fingerprint density at radius 1 is 1.22 bits per heavy atom. The molecule has 0 amide bonds. The van der Waals surface area contributed by atoms with Crippen LogP contribution in [0.4, 0.5) is 5.82 Å². The van der Waals surface area contributed by atoms with E-state index in [0.717, 1.165) is 16.9 Å². The van der Waals surface area contributed by atoms with Crippen molar-refractivity contribution >= 4 is 5.82 Å². The van der Waals surface area contributed by atoms with Crippen molar-refractivity contribution in [2.24, 2.45) is 12.8 Å². The number of rotatable bonds is 3. The van der Waals surface area contributed by atoms with Crippen molar-refractivity contribution in [3.63, 3.8) is 0 Å². The predicted molar refractivity (Wildman–Crippen MR) is 87.5 cm³/mol. The van der Waals surface area contributed by atoms with Gasteiger partial charge in [0, 0.05) is 37.0 Å². The van der Waals surface area contributed by atoms with E-state index in [2.05, 4.69) is 9.97 Å². The van der Waals surface area contributed by atoms with Crippen LogP contribution in [0.1, 0.15) is 11.5 Å². The van der Waals surface area contributed by atoms with Crippen LogP contribution in [0.25, 0.3) is 22.5 Å². The van der Waals surface area contributed by atoms with Crippen LogP contribution in [0.2, 0.25) is 0 Å². The second kappa shape index (κ2) is 5.69. The predicted octanol–water partition coefficient (Wildman–Crippen LogP) is 1.45. The molecule has 4 N–H and O–H groups in total.